The number of rotatable bonds is 4. The summed E-state index contributed by atoms with van der Waals surface area (Å²) >= 11 is 0. The minimum absolute atomic E-state index is 0.363. The molecule has 1 heterocycles. The summed E-state index contributed by atoms with van der Waals surface area (Å²) in [6.45, 7) is 2.90. The molecular weight excluding hydrogens is 186 g/mol. The Morgan fingerprint density at radius 2 is 1.80 bits per heavy atom. The van der Waals surface area contributed by atoms with Gasteiger partial charge in [-0.25, -0.2) is 0 Å². The molecule has 1 N–H and O–H groups in total. The molecule has 0 aromatic rings. The van der Waals surface area contributed by atoms with Crippen molar-refractivity contribution in [2.45, 2.75) is 57.4 Å². The quantitative estimate of drug-likeness (QED) is 0.722. The van der Waals surface area contributed by atoms with Crippen molar-refractivity contribution >= 4 is 0 Å². The van der Waals surface area contributed by atoms with E-state index in [1.54, 1.807) is 0 Å². The van der Waals surface area contributed by atoms with Gasteiger partial charge < -0.3 is 10.0 Å². The minimum atomic E-state index is 0.363. The third-order valence-electron chi connectivity index (χ3n) is 4.21. The first-order valence-electron chi connectivity index (χ1n) is 6.76. The number of aliphatic hydroxyl groups excluding tert-OH is 1. The first-order chi connectivity index (χ1) is 7.42. The van der Waals surface area contributed by atoms with E-state index in [2.05, 4.69) is 4.90 Å². The lowest BCUT2D eigenvalue weighted by Gasteiger charge is -2.44. The van der Waals surface area contributed by atoms with Crippen molar-refractivity contribution in [1.29, 1.82) is 0 Å². The van der Waals surface area contributed by atoms with Gasteiger partial charge in [-0.2, -0.15) is 0 Å². The molecule has 0 radical (unpaired) electrons. The summed E-state index contributed by atoms with van der Waals surface area (Å²) in [4.78, 5) is 2.71. The van der Waals surface area contributed by atoms with E-state index in [9.17, 15) is 0 Å². The van der Waals surface area contributed by atoms with Crippen LogP contribution < -0.4 is 0 Å². The Kier molecular flexibility index (Phi) is 4.45. The van der Waals surface area contributed by atoms with Gasteiger partial charge in [-0.15, -0.1) is 0 Å². The molecule has 1 saturated heterocycles. The highest BCUT2D eigenvalue weighted by molar-refractivity contribution is 4.87. The van der Waals surface area contributed by atoms with Crippen LogP contribution in [0.5, 0.6) is 0 Å². The summed E-state index contributed by atoms with van der Waals surface area (Å²) in [7, 11) is 0. The Labute approximate surface area is 93.7 Å². The Bertz CT molecular complexity index is 181. The fourth-order valence-electron chi connectivity index (χ4n) is 3.43. The van der Waals surface area contributed by atoms with Gasteiger partial charge in [0.1, 0.15) is 0 Å². The first-order valence-corrected chi connectivity index (χ1v) is 6.76. The molecular formula is C13H25NO. The van der Waals surface area contributed by atoms with Crippen LogP contribution in [0, 0.1) is 5.92 Å². The smallest absolute Gasteiger partial charge is 0.0431 e. The molecule has 0 aromatic carbocycles. The standard InChI is InChI=1S/C13H25NO/c15-11-4-3-9-14-10-5-7-12-6-1-2-8-13(12)14/h12-13,15H,1-11H2/t12-,13-/m1/s1. The van der Waals surface area contributed by atoms with Gasteiger partial charge in [0, 0.05) is 12.6 Å². The molecule has 88 valence electrons. The molecule has 0 amide bonds. The number of aliphatic hydroxyl groups is 1. The van der Waals surface area contributed by atoms with Gasteiger partial charge in [-0.3, -0.25) is 0 Å². The molecule has 2 rings (SSSR count). The predicted molar refractivity (Wildman–Crippen MR) is 62.9 cm³/mol. The number of hydrogen-bond donors (Lipinski definition) is 1. The van der Waals surface area contributed by atoms with Gasteiger partial charge in [0.15, 0.2) is 0 Å². The van der Waals surface area contributed by atoms with Crippen molar-refractivity contribution < 1.29 is 5.11 Å². The third kappa shape index (κ3) is 2.94. The van der Waals surface area contributed by atoms with Crippen molar-refractivity contribution in [3.8, 4) is 0 Å². The Morgan fingerprint density at radius 1 is 1.00 bits per heavy atom. The minimum Gasteiger partial charge on any atom is -0.396 e. The largest absolute Gasteiger partial charge is 0.396 e. The van der Waals surface area contributed by atoms with Crippen LogP contribution in [0.15, 0.2) is 0 Å². The fraction of sp³-hybridized carbons (Fsp3) is 1.00. The van der Waals surface area contributed by atoms with Gasteiger partial charge in [0.2, 0.25) is 0 Å². The molecule has 1 aliphatic carbocycles. The second kappa shape index (κ2) is 5.86. The molecule has 2 aliphatic rings. The van der Waals surface area contributed by atoms with Gasteiger partial charge >= 0.3 is 0 Å². The highest BCUT2D eigenvalue weighted by Gasteiger charge is 2.32. The van der Waals surface area contributed by atoms with E-state index in [0.29, 0.717) is 6.61 Å². The zero-order valence-corrected chi connectivity index (χ0v) is 9.83. The highest BCUT2D eigenvalue weighted by atomic mass is 16.2. The maximum absolute atomic E-state index is 8.81. The number of piperidine rings is 1. The van der Waals surface area contributed by atoms with Crippen LogP contribution in [0.25, 0.3) is 0 Å². The van der Waals surface area contributed by atoms with Crippen molar-refractivity contribution in [3.05, 3.63) is 0 Å². The summed E-state index contributed by atoms with van der Waals surface area (Å²) in [5.41, 5.74) is 0. The number of likely N-dealkylation sites (tertiary alicyclic amines) is 1. The van der Waals surface area contributed by atoms with Gasteiger partial charge in [-0.05, 0) is 57.5 Å². The van der Waals surface area contributed by atoms with E-state index in [0.717, 1.165) is 18.4 Å². The number of hydrogen-bond acceptors (Lipinski definition) is 2. The van der Waals surface area contributed by atoms with E-state index in [-0.39, 0.29) is 0 Å². The normalized spacial score (nSPS) is 32.6. The van der Waals surface area contributed by atoms with Gasteiger partial charge in [-0.1, -0.05) is 12.8 Å². The number of fused-ring (bicyclic) bond motifs is 1. The lowest BCUT2D eigenvalue weighted by Crippen LogP contribution is -2.47. The Balaban J connectivity index is 1.81. The highest BCUT2D eigenvalue weighted by Crippen LogP contribution is 2.35. The van der Waals surface area contributed by atoms with Crippen LogP contribution in [0.3, 0.4) is 0 Å². The van der Waals surface area contributed by atoms with E-state index < -0.39 is 0 Å². The molecule has 2 atom stereocenters. The first kappa shape index (κ1) is 11.4. The zero-order valence-electron chi connectivity index (χ0n) is 9.83. The zero-order chi connectivity index (χ0) is 10.5. The van der Waals surface area contributed by atoms with Crippen molar-refractivity contribution in [2.24, 2.45) is 5.92 Å². The lowest BCUT2D eigenvalue weighted by atomic mass is 9.78. The van der Waals surface area contributed by atoms with E-state index in [1.165, 1.54) is 58.0 Å². The van der Waals surface area contributed by atoms with Crippen LogP contribution in [0.4, 0.5) is 0 Å². The van der Waals surface area contributed by atoms with Gasteiger partial charge in [0.05, 0.1) is 0 Å². The van der Waals surface area contributed by atoms with Crippen LogP contribution in [0.2, 0.25) is 0 Å². The third-order valence-corrected chi connectivity index (χ3v) is 4.21. The Hall–Kier alpha value is -0.0800. The maximum Gasteiger partial charge on any atom is 0.0431 e. The maximum atomic E-state index is 8.81. The number of nitrogens with zero attached hydrogens (tertiary/aromatic N) is 1. The second-order valence-corrected chi connectivity index (χ2v) is 5.22. The summed E-state index contributed by atoms with van der Waals surface area (Å²) in [5, 5.41) is 8.81. The SMILES string of the molecule is OCCCCN1CCC[C@H]2CCCC[C@H]21. The van der Waals surface area contributed by atoms with Crippen molar-refractivity contribution in [2.75, 3.05) is 19.7 Å². The summed E-state index contributed by atoms with van der Waals surface area (Å²) < 4.78 is 0. The Morgan fingerprint density at radius 3 is 2.67 bits per heavy atom. The molecule has 2 fully saturated rings. The summed E-state index contributed by atoms with van der Waals surface area (Å²) in [6, 6.07) is 0.895. The topological polar surface area (TPSA) is 23.5 Å². The molecule has 15 heavy (non-hydrogen) atoms. The van der Waals surface area contributed by atoms with E-state index in [1.807, 2.05) is 0 Å². The molecule has 2 heteroatoms. The second-order valence-electron chi connectivity index (χ2n) is 5.22. The average molecular weight is 211 g/mol. The monoisotopic (exact) mass is 211 g/mol. The summed E-state index contributed by atoms with van der Waals surface area (Å²) in [6.07, 6.45) is 10.9. The van der Waals surface area contributed by atoms with Crippen molar-refractivity contribution in [3.63, 3.8) is 0 Å². The van der Waals surface area contributed by atoms with E-state index >= 15 is 0 Å². The van der Waals surface area contributed by atoms with Crippen LogP contribution in [-0.2, 0) is 0 Å². The molecule has 2 nitrogen and oxygen atoms in total. The van der Waals surface area contributed by atoms with E-state index in [4.69, 9.17) is 5.11 Å². The molecule has 0 bridgehead atoms. The number of unbranched alkanes of at least 4 members (excludes halogenated alkanes) is 1. The predicted octanol–water partition coefficient (Wildman–Crippen LogP) is 2.41. The molecule has 1 saturated carbocycles. The molecule has 0 aromatic heterocycles. The van der Waals surface area contributed by atoms with Crippen LogP contribution >= 0.6 is 0 Å². The molecule has 0 unspecified atom stereocenters. The average Bonchev–Trinajstić information content (AvgIpc) is 2.30. The molecule has 0 spiro atoms. The van der Waals surface area contributed by atoms with Crippen LogP contribution in [-0.4, -0.2) is 35.7 Å². The lowest BCUT2D eigenvalue weighted by molar-refractivity contribution is 0.0585. The van der Waals surface area contributed by atoms with Crippen molar-refractivity contribution in [1.82, 2.24) is 4.90 Å². The van der Waals surface area contributed by atoms with Gasteiger partial charge in [0.25, 0.3) is 0 Å². The molecule has 1 aliphatic heterocycles. The summed E-state index contributed by atoms with van der Waals surface area (Å²) in [5.74, 6) is 1.00. The fourth-order valence-corrected chi connectivity index (χ4v) is 3.43. The van der Waals surface area contributed by atoms with Crippen LogP contribution in [0.1, 0.15) is 51.4 Å².